The third-order valence-corrected chi connectivity index (χ3v) is 2.64. The van der Waals surface area contributed by atoms with Crippen molar-refractivity contribution >= 4 is 44.1 Å². The van der Waals surface area contributed by atoms with Gasteiger partial charge < -0.3 is 4.42 Å². The Bertz CT molecular complexity index is 500. The van der Waals surface area contributed by atoms with Crippen LogP contribution in [0.2, 0.25) is 0 Å². The first-order chi connectivity index (χ1) is 6.65. The number of hydrogen-bond donors (Lipinski definition) is 1. The second-order valence-corrected chi connectivity index (χ2v) is 4.78. The first kappa shape index (κ1) is 10.1. The van der Waals surface area contributed by atoms with Gasteiger partial charge in [0.1, 0.15) is 0 Å². The quantitative estimate of drug-likeness (QED) is 0.803. The molecule has 0 atom stereocenters. The molecule has 72 valence electrons. The number of aromatic nitrogens is 2. The monoisotopic (exact) mass is 334 g/mol. The molecule has 1 N–H and O–H groups in total. The molecule has 0 amide bonds. The van der Waals surface area contributed by atoms with E-state index < -0.39 is 0 Å². The van der Waals surface area contributed by atoms with Crippen molar-refractivity contribution in [2.24, 2.45) is 0 Å². The summed E-state index contributed by atoms with van der Waals surface area (Å²) in [5.41, 5.74) is 0.860. The van der Waals surface area contributed by atoms with Crippen molar-refractivity contribution in [3.05, 3.63) is 32.0 Å². The van der Waals surface area contributed by atoms with Crippen molar-refractivity contribution in [2.45, 2.75) is 0 Å². The fraction of sp³-hybridized carbons (Fsp3) is 0. The lowest BCUT2D eigenvalue weighted by Gasteiger charge is -1.97. The van der Waals surface area contributed by atoms with Crippen molar-refractivity contribution in [3.8, 4) is 11.5 Å². The summed E-state index contributed by atoms with van der Waals surface area (Å²) in [6.45, 7) is 0. The number of nitrogens with one attached hydrogen (secondary N) is 1. The van der Waals surface area contributed by atoms with Crippen LogP contribution in [0.3, 0.4) is 0 Å². The van der Waals surface area contributed by atoms with Crippen molar-refractivity contribution in [3.63, 3.8) is 0 Å². The second-order valence-electron chi connectivity index (χ2n) is 2.58. The zero-order chi connectivity index (χ0) is 10.1. The molecule has 0 radical (unpaired) electrons. The lowest BCUT2D eigenvalue weighted by Crippen LogP contribution is -1.78. The number of rotatable bonds is 1. The number of halogens is 2. The van der Waals surface area contributed by atoms with Gasteiger partial charge >= 0.3 is 0 Å². The van der Waals surface area contributed by atoms with Gasteiger partial charge in [0.2, 0.25) is 5.89 Å². The Hall–Kier alpha value is -0.460. The van der Waals surface area contributed by atoms with Gasteiger partial charge in [-0.3, -0.25) is 0 Å². The molecular weight excluding hydrogens is 332 g/mol. The van der Waals surface area contributed by atoms with Crippen LogP contribution >= 0.6 is 44.1 Å². The summed E-state index contributed by atoms with van der Waals surface area (Å²) >= 11 is 11.6. The number of aromatic amines is 1. The molecule has 0 unspecified atom stereocenters. The molecule has 0 fully saturated rings. The Morgan fingerprint density at radius 1 is 1.21 bits per heavy atom. The molecule has 0 saturated carbocycles. The molecule has 0 aliphatic heterocycles. The molecular formula is C8H4Br2N2OS. The third-order valence-electron chi connectivity index (χ3n) is 1.55. The highest BCUT2D eigenvalue weighted by atomic mass is 79.9. The van der Waals surface area contributed by atoms with Gasteiger partial charge in [0.15, 0.2) is 0 Å². The van der Waals surface area contributed by atoms with Gasteiger partial charge in [0.25, 0.3) is 4.84 Å². The number of nitrogens with zero attached hydrogens (tertiary/aromatic N) is 1. The van der Waals surface area contributed by atoms with E-state index in [9.17, 15) is 0 Å². The van der Waals surface area contributed by atoms with Crippen LogP contribution in [0.15, 0.2) is 31.6 Å². The van der Waals surface area contributed by atoms with Gasteiger partial charge in [-0.1, -0.05) is 31.9 Å². The maximum Gasteiger partial charge on any atom is 0.284 e. The molecule has 6 heteroatoms. The summed E-state index contributed by atoms with van der Waals surface area (Å²) in [7, 11) is 0. The number of hydrogen-bond acceptors (Lipinski definition) is 3. The highest BCUT2D eigenvalue weighted by molar-refractivity contribution is 9.11. The number of benzene rings is 1. The molecule has 0 bridgehead atoms. The minimum absolute atomic E-state index is 0.274. The van der Waals surface area contributed by atoms with E-state index in [4.69, 9.17) is 16.6 Å². The van der Waals surface area contributed by atoms with Gasteiger partial charge in [0, 0.05) is 14.5 Å². The van der Waals surface area contributed by atoms with Crippen LogP contribution in [-0.4, -0.2) is 10.2 Å². The topological polar surface area (TPSA) is 41.8 Å². The van der Waals surface area contributed by atoms with Gasteiger partial charge in [-0.2, -0.15) is 0 Å². The summed E-state index contributed by atoms with van der Waals surface area (Å²) < 4.78 is 7.09. The van der Waals surface area contributed by atoms with E-state index in [-0.39, 0.29) is 4.84 Å². The zero-order valence-electron chi connectivity index (χ0n) is 6.75. The fourth-order valence-corrected chi connectivity index (χ4v) is 2.45. The summed E-state index contributed by atoms with van der Waals surface area (Å²) in [6.07, 6.45) is 0. The standard InChI is InChI=1S/C8H4Br2N2OS/c9-5-1-4(2-6(10)3-5)7-11-12-8(14)13-7/h1-3H,(H,12,14). The van der Waals surface area contributed by atoms with Crippen LogP contribution in [-0.2, 0) is 0 Å². The molecule has 14 heavy (non-hydrogen) atoms. The molecule has 1 heterocycles. The van der Waals surface area contributed by atoms with Gasteiger partial charge in [-0.15, -0.1) is 5.10 Å². The SMILES string of the molecule is S=c1[nH]nc(-c2cc(Br)cc(Br)c2)o1. The average molecular weight is 336 g/mol. The van der Waals surface area contributed by atoms with E-state index in [0.29, 0.717) is 5.89 Å². The normalized spacial score (nSPS) is 10.4. The minimum Gasteiger partial charge on any atom is -0.409 e. The van der Waals surface area contributed by atoms with Crippen molar-refractivity contribution < 1.29 is 4.42 Å². The molecule has 0 spiro atoms. The van der Waals surface area contributed by atoms with E-state index >= 15 is 0 Å². The first-order valence-corrected chi connectivity index (χ1v) is 5.66. The predicted molar refractivity (Wildman–Crippen MR) is 62.5 cm³/mol. The molecule has 0 saturated heterocycles. The highest BCUT2D eigenvalue weighted by Crippen LogP contribution is 2.26. The van der Waals surface area contributed by atoms with Gasteiger partial charge in [0.05, 0.1) is 0 Å². The van der Waals surface area contributed by atoms with Gasteiger partial charge in [-0.25, -0.2) is 5.10 Å². The van der Waals surface area contributed by atoms with E-state index in [0.717, 1.165) is 14.5 Å². The smallest absolute Gasteiger partial charge is 0.284 e. The van der Waals surface area contributed by atoms with Crippen molar-refractivity contribution in [1.29, 1.82) is 0 Å². The first-order valence-electron chi connectivity index (χ1n) is 3.67. The Morgan fingerprint density at radius 2 is 1.86 bits per heavy atom. The Kier molecular flexibility index (Phi) is 2.85. The van der Waals surface area contributed by atoms with Crippen LogP contribution in [0, 0.1) is 4.84 Å². The molecule has 0 aliphatic rings. The third kappa shape index (κ3) is 2.13. The van der Waals surface area contributed by atoms with E-state index in [1.54, 1.807) is 0 Å². The molecule has 1 aromatic heterocycles. The van der Waals surface area contributed by atoms with E-state index in [1.165, 1.54) is 0 Å². The van der Waals surface area contributed by atoms with Crippen LogP contribution in [0.5, 0.6) is 0 Å². The van der Waals surface area contributed by atoms with Crippen molar-refractivity contribution in [1.82, 2.24) is 10.2 Å². The molecule has 2 rings (SSSR count). The summed E-state index contributed by atoms with van der Waals surface area (Å²) in [5.74, 6) is 0.483. The fourth-order valence-electron chi connectivity index (χ4n) is 1.03. The number of H-pyrrole nitrogens is 1. The van der Waals surface area contributed by atoms with Crippen LogP contribution in [0.25, 0.3) is 11.5 Å². The van der Waals surface area contributed by atoms with Crippen LogP contribution < -0.4 is 0 Å². The zero-order valence-corrected chi connectivity index (χ0v) is 10.7. The molecule has 2 aromatic rings. The molecule has 0 aliphatic carbocycles. The molecule has 3 nitrogen and oxygen atoms in total. The summed E-state index contributed by atoms with van der Waals surface area (Å²) in [6, 6.07) is 5.74. The van der Waals surface area contributed by atoms with Crippen LogP contribution in [0.4, 0.5) is 0 Å². The largest absolute Gasteiger partial charge is 0.409 e. The van der Waals surface area contributed by atoms with Crippen molar-refractivity contribution in [2.75, 3.05) is 0 Å². The van der Waals surface area contributed by atoms with E-state index in [2.05, 4.69) is 42.1 Å². The Balaban J connectivity index is 2.56. The molecule has 1 aromatic carbocycles. The lowest BCUT2D eigenvalue weighted by atomic mass is 10.2. The highest BCUT2D eigenvalue weighted by Gasteiger charge is 2.05. The summed E-state index contributed by atoms with van der Waals surface area (Å²) in [5, 5.41) is 6.50. The average Bonchev–Trinajstić information content (AvgIpc) is 2.50. The Morgan fingerprint density at radius 3 is 2.36 bits per heavy atom. The predicted octanol–water partition coefficient (Wildman–Crippen LogP) is 3.92. The lowest BCUT2D eigenvalue weighted by molar-refractivity contribution is 0.552. The minimum atomic E-state index is 0.274. The second kappa shape index (κ2) is 3.96. The Labute approximate surface area is 102 Å². The maximum atomic E-state index is 5.19. The van der Waals surface area contributed by atoms with Gasteiger partial charge in [-0.05, 0) is 30.4 Å². The van der Waals surface area contributed by atoms with Crippen LogP contribution in [0.1, 0.15) is 0 Å². The summed E-state index contributed by atoms with van der Waals surface area (Å²) in [4.78, 5) is 0.274. The maximum absolute atomic E-state index is 5.19. The van der Waals surface area contributed by atoms with E-state index in [1.807, 2.05) is 18.2 Å².